The standard InChI is InChI=1S/C7H9NO3/c1-11-6-4-2-3-5-8(6)7(9)10/h2-4H,5H2,1H3,(H,9,10). The van der Waals surface area contributed by atoms with Crippen LogP contribution in [0.4, 0.5) is 4.79 Å². The first kappa shape index (κ1) is 7.65. The summed E-state index contributed by atoms with van der Waals surface area (Å²) in [6, 6.07) is 0. The van der Waals surface area contributed by atoms with E-state index in [0.717, 1.165) is 4.90 Å². The molecule has 0 aromatic heterocycles. The number of amides is 1. The number of nitrogens with zero attached hydrogens (tertiary/aromatic N) is 1. The van der Waals surface area contributed by atoms with E-state index in [1.165, 1.54) is 7.11 Å². The molecule has 60 valence electrons. The van der Waals surface area contributed by atoms with Crippen LogP contribution >= 0.6 is 0 Å². The van der Waals surface area contributed by atoms with Gasteiger partial charge in [-0.1, -0.05) is 12.2 Å². The molecule has 1 amide bonds. The van der Waals surface area contributed by atoms with E-state index in [9.17, 15) is 4.79 Å². The Morgan fingerprint density at radius 2 is 2.55 bits per heavy atom. The predicted molar refractivity (Wildman–Crippen MR) is 39.0 cm³/mol. The summed E-state index contributed by atoms with van der Waals surface area (Å²) in [5, 5.41) is 8.61. The molecule has 0 unspecified atom stereocenters. The Hall–Kier alpha value is -1.45. The van der Waals surface area contributed by atoms with E-state index < -0.39 is 6.09 Å². The van der Waals surface area contributed by atoms with Gasteiger partial charge < -0.3 is 9.84 Å². The number of methoxy groups -OCH3 is 1. The molecule has 4 nitrogen and oxygen atoms in total. The van der Waals surface area contributed by atoms with Gasteiger partial charge in [-0.2, -0.15) is 0 Å². The number of carboxylic acid groups (broad SMARTS) is 1. The molecule has 1 aliphatic heterocycles. The fraction of sp³-hybridized carbons (Fsp3) is 0.286. The van der Waals surface area contributed by atoms with Crippen molar-refractivity contribution in [2.75, 3.05) is 13.7 Å². The summed E-state index contributed by atoms with van der Waals surface area (Å²) in [5.41, 5.74) is 0. The molecule has 0 aromatic rings. The monoisotopic (exact) mass is 155 g/mol. The predicted octanol–water partition coefficient (Wildman–Crippen LogP) is 1.02. The molecular weight excluding hydrogens is 146 g/mol. The maximum Gasteiger partial charge on any atom is 0.414 e. The van der Waals surface area contributed by atoms with E-state index in [1.54, 1.807) is 18.2 Å². The first-order chi connectivity index (χ1) is 5.25. The Kier molecular flexibility index (Phi) is 2.15. The maximum absolute atomic E-state index is 10.5. The molecule has 4 heteroatoms. The molecule has 0 saturated carbocycles. The SMILES string of the molecule is COC1=CC=CCN1C(=O)O. The fourth-order valence-electron chi connectivity index (χ4n) is 0.847. The van der Waals surface area contributed by atoms with Gasteiger partial charge in [0, 0.05) is 0 Å². The molecular formula is C7H9NO3. The highest BCUT2D eigenvalue weighted by molar-refractivity contribution is 5.67. The van der Waals surface area contributed by atoms with Gasteiger partial charge in [0.15, 0.2) is 5.88 Å². The van der Waals surface area contributed by atoms with Crippen LogP contribution in [0.5, 0.6) is 0 Å². The van der Waals surface area contributed by atoms with Crippen LogP contribution in [0.15, 0.2) is 24.1 Å². The molecule has 1 N–H and O–H groups in total. The lowest BCUT2D eigenvalue weighted by atomic mass is 10.3. The number of rotatable bonds is 1. The third kappa shape index (κ3) is 1.52. The Bertz CT molecular complexity index is 220. The molecule has 0 aromatic carbocycles. The third-order valence-corrected chi connectivity index (χ3v) is 1.37. The van der Waals surface area contributed by atoms with Crippen LogP contribution < -0.4 is 0 Å². The zero-order valence-electron chi connectivity index (χ0n) is 6.15. The minimum atomic E-state index is -0.998. The zero-order chi connectivity index (χ0) is 8.27. The number of allylic oxidation sites excluding steroid dienone is 2. The number of hydrogen-bond acceptors (Lipinski definition) is 2. The average molecular weight is 155 g/mol. The lowest BCUT2D eigenvalue weighted by Gasteiger charge is -2.20. The highest BCUT2D eigenvalue weighted by atomic mass is 16.5. The van der Waals surface area contributed by atoms with Crippen LogP contribution in [0.2, 0.25) is 0 Å². The van der Waals surface area contributed by atoms with E-state index >= 15 is 0 Å². The van der Waals surface area contributed by atoms with Gasteiger partial charge in [0.2, 0.25) is 0 Å². The van der Waals surface area contributed by atoms with Crippen molar-refractivity contribution in [3.05, 3.63) is 24.1 Å². The maximum atomic E-state index is 10.5. The van der Waals surface area contributed by atoms with E-state index in [4.69, 9.17) is 9.84 Å². The van der Waals surface area contributed by atoms with Crippen molar-refractivity contribution in [1.29, 1.82) is 0 Å². The second kappa shape index (κ2) is 3.09. The highest BCUT2D eigenvalue weighted by Crippen LogP contribution is 2.09. The van der Waals surface area contributed by atoms with Crippen molar-refractivity contribution in [3.8, 4) is 0 Å². The average Bonchev–Trinajstić information content (AvgIpc) is 2.04. The molecule has 0 atom stereocenters. The van der Waals surface area contributed by atoms with Crippen molar-refractivity contribution in [2.24, 2.45) is 0 Å². The summed E-state index contributed by atoms with van der Waals surface area (Å²) in [6.45, 7) is 0.356. The lowest BCUT2D eigenvalue weighted by Crippen LogP contribution is -2.30. The van der Waals surface area contributed by atoms with Gasteiger partial charge in [0.05, 0.1) is 13.7 Å². The largest absolute Gasteiger partial charge is 0.482 e. The van der Waals surface area contributed by atoms with Gasteiger partial charge in [-0.3, -0.25) is 0 Å². The summed E-state index contributed by atoms with van der Waals surface area (Å²) >= 11 is 0. The highest BCUT2D eigenvalue weighted by Gasteiger charge is 2.17. The van der Waals surface area contributed by atoms with Crippen molar-refractivity contribution in [2.45, 2.75) is 0 Å². The Morgan fingerprint density at radius 3 is 3.00 bits per heavy atom. The number of carbonyl (C=O) groups is 1. The van der Waals surface area contributed by atoms with E-state index in [1.807, 2.05) is 0 Å². The molecule has 0 bridgehead atoms. The topological polar surface area (TPSA) is 49.8 Å². The van der Waals surface area contributed by atoms with Gasteiger partial charge in [-0.05, 0) is 6.08 Å². The molecule has 1 heterocycles. The summed E-state index contributed by atoms with van der Waals surface area (Å²) in [4.78, 5) is 11.6. The van der Waals surface area contributed by atoms with Gasteiger partial charge in [0.1, 0.15) is 0 Å². The summed E-state index contributed by atoms with van der Waals surface area (Å²) in [6.07, 6.45) is 4.12. The van der Waals surface area contributed by atoms with Crippen LogP contribution in [0.25, 0.3) is 0 Å². The van der Waals surface area contributed by atoms with Gasteiger partial charge in [-0.15, -0.1) is 0 Å². The molecule has 1 rings (SSSR count). The normalized spacial score (nSPS) is 16.1. The lowest BCUT2D eigenvalue weighted by molar-refractivity contribution is 0.122. The van der Waals surface area contributed by atoms with Crippen LogP contribution in [-0.4, -0.2) is 29.8 Å². The number of hydrogen-bond donors (Lipinski definition) is 1. The molecule has 0 aliphatic carbocycles. The second-order valence-corrected chi connectivity index (χ2v) is 2.03. The van der Waals surface area contributed by atoms with Crippen molar-refractivity contribution in [1.82, 2.24) is 4.90 Å². The summed E-state index contributed by atoms with van der Waals surface area (Å²) in [7, 11) is 1.45. The molecule has 0 radical (unpaired) electrons. The van der Waals surface area contributed by atoms with Crippen LogP contribution in [0.1, 0.15) is 0 Å². The van der Waals surface area contributed by atoms with Crippen molar-refractivity contribution in [3.63, 3.8) is 0 Å². The first-order valence-corrected chi connectivity index (χ1v) is 3.17. The van der Waals surface area contributed by atoms with Crippen LogP contribution in [-0.2, 0) is 4.74 Å². The van der Waals surface area contributed by atoms with Gasteiger partial charge >= 0.3 is 6.09 Å². The Labute approximate surface area is 64.4 Å². The molecule has 0 fully saturated rings. The third-order valence-electron chi connectivity index (χ3n) is 1.37. The Balaban J connectivity index is 2.75. The van der Waals surface area contributed by atoms with Gasteiger partial charge in [-0.25, -0.2) is 9.69 Å². The summed E-state index contributed by atoms with van der Waals surface area (Å²) in [5.74, 6) is 0.361. The second-order valence-electron chi connectivity index (χ2n) is 2.03. The quantitative estimate of drug-likeness (QED) is 0.615. The fourth-order valence-corrected chi connectivity index (χ4v) is 0.847. The summed E-state index contributed by atoms with van der Waals surface area (Å²) < 4.78 is 4.82. The minimum Gasteiger partial charge on any atom is -0.482 e. The zero-order valence-corrected chi connectivity index (χ0v) is 6.15. The Morgan fingerprint density at radius 1 is 1.82 bits per heavy atom. The minimum absolute atomic E-state index is 0.356. The van der Waals surface area contributed by atoms with E-state index in [2.05, 4.69) is 0 Å². The first-order valence-electron chi connectivity index (χ1n) is 3.17. The smallest absolute Gasteiger partial charge is 0.414 e. The van der Waals surface area contributed by atoms with E-state index in [0.29, 0.717) is 12.4 Å². The molecule has 0 spiro atoms. The van der Waals surface area contributed by atoms with Crippen molar-refractivity contribution < 1.29 is 14.6 Å². The number of ether oxygens (including phenoxy) is 1. The molecule has 1 aliphatic rings. The van der Waals surface area contributed by atoms with E-state index in [-0.39, 0.29) is 0 Å². The van der Waals surface area contributed by atoms with Crippen molar-refractivity contribution >= 4 is 6.09 Å². The van der Waals surface area contributed by atoms with Crippen LogP contribution in [0.3, 0.4) is 0 Å². The molecule has 11 heavy (non-hydrogen) atoms. The molecule has 0 saturated heterocycles. The van der Waals surface area contributed by atoms with Crippen LogP contribution in [0, 0.1) is 0 Å². The van der Waals surface area contributed by atoms with Gasteiger partial charge in [0.25, 0.3) is 0 Å².